The minimum absolute atomic E-state index is 0.247. The highest BCUT2D eigenvalue weighted by Gasteiger charge is 2.34. The lowest BCUT2D eigenvalue weighted by Crippen LogP contribution is -2.31. The molecule has 5 nitrogen and oxygen atoms in total. The van der Waals surface area contributed by atoms with Gasteiger partial charge in [-0.15, -0.1) is 0 Å². The Morgan fingerprint density at radius 2 is 1.62 bits per heavy atom. The number of carbonyl (C=O) groups is 2. The first kappa shape index (κ1) is 16.5. The first-order valence-corrected chi connectivity index (χ1v) is 8.66. The van der Waals surface area contributed by atoms with Crippen molar-refractivity contribution in [3.05, 3.63) is 70.9 Å². The fourth-order valence-corrected chi connectivity index (χ4v) is 3.27. The van der Waals surface area contributed by atoms with Gasteiger partial charge < -0.3 is 4.74 Å². The minimum atomic E-state index is -0.247. The summed E-state index contributed by atoms with van der Waals surface area (Å²) in [6.45, 7) is 0.667. The molecular formula is C20H15ClN2O3. The molecule has 0 saturated carbocycles. The number of halogens is 1. The lowest BCUT2D eigenvalue weighted by Gasteiger charge is -2.14. The average molecular weight is 367 g/mol. The summed E-state index contributed by atoms with van der Waals surface area (Å²) in [5.41, 5.74) is 1.69. The molecule has 1 aliphatic rings. The molecule has 0 saturated heterocycles. The highest BCUT2D eigenvalue weighted by molar-refractivity contribution is 6.30. The highest BCUT2D eigenvalue weighted by atomic mass is 35.5. The van der Waals surface area contributed by atoms with Gasteiger partial charge >= 0.3 is 0 Å². The van der Waals surface area contributed by atoms with Gasteiger partial charge in [0.2, 0.25) is 0 Å². The van der Waals surface area contributed by atoms with Crippen molar-refractivity contribution in [2.75, 3.05) is 13.2 Å². The van der Waals surface area contributed by atoms with Crippen molar-refractivity contribution in [2.45, 2.75) is 6.42 Å². The van der Waals surface area contributed by atoms with Crippen molar-refractivity contribution >= 4 is 34.3 Å². The van der Waals surface area contributed by atoms with Crippen molar-refractivity contribution in [3.63, 3.8) is 0 Å². The van der Waals surface area contributed by atoms with Crippen LogP contribution < -0.4 is 4.74 Å². The van der Waals surface area contributed by atoms with Crippen LogP contribution in [0.2, 0.25) is 5.15 Å². The Balaban J connectivity index is 1.41. The van der Waals surface area contributed by atoms with Crippen LogP contribution in [0.15, 0.2) is 54.6 Å². The Morgan fingerprint density at radius 1 is 0.962 bits per heavy atom. The Labute approximate surface area is 155 Å². The summed E-state index contributed by atoms with van der Waals surface area (Å²) in [7, 11) is 0. The summed E-state index contributed by atoms with van der Waals surface area (Å²) < 4.78 is 5.83. The fourth-order valence-electron chi connectivity index (χ4n) is 3.08. The van der Waals surface area contributed by atoms with E-state index in [1.165, 1.54) is 4.90 Å². The van der Waals surface area contributed by atoms with E-state index in [1.807, 2.05) is 24.3 Å². The second-order valence-electron chi connectivity index (χ2n) is 5.97. The number of rotatable bonds is 5. The SMILES string of the molecule is O=C1c2ccccc2C(=O)N1CCCOc1cc(Cl)nc2ccccc12. The van der Waals surface area contributed by atoms with Gasteiger partial charge in [0.1, 0.15) is 10.9 Å². The zero-order valence-electron chi connectivity index (χ0n) is 13.8. The monoisotopic (exact) mass is 366 g/mol. The molecule has 0 spiro atoms. The molecule has 2 heterocycles. The largest absolute Gasteiger partial charge is 0.493 e. The number of amides is 2. The van der Waals surface area contributed by atoms with Gasteiger partial charge in [-0.1, -0.05) is 35.9 Å². The van der Waals surface area contributed by atoms with Crippen LogP contribution in [0.5, 0.6) is 5.75 Å². The molecule has 2 aromatic carbocycles. The van der Waals surface area contributed by atoms with E-state index in [0.29, 0.717) is 41.6 Å². The lowest BCUT2D eigenvalue weighted by atomic mass is 10.1. The van der Waals surface area contributed by atoms with Gasteiger partial charge in [0.15, 0.2) is 0 Å². The van der Waals surface area contributed by atoms with Crippen molar-refractivity contribution in [3.8, 4) is 5.75 Å². The van der Waals surface area contributed by atoms with E-state index in [4.69, 9.17) is 16.3 Å². The molecule has 3 aromatic rings. The molecule has 0 unspecified atom stereocenters. The number of benzene rings is 2. The summed E-state index contributed by atoms with van der Waals surface area (Å²) in [5, 5.41) is 1.23. The Kier molecular flexibility index (Phi) is 4.31. The molecule has 1 aliphatic heterocycles. The van der Waals surface area contributed by atoms with Crippen molar-refractivity contribution in [1.82, 2.24) is 9.88 Å². The molecule has 6 heteroatoms. The van der Waals surface area contributed by atoms with Crippen LogP contribution in [0.4, 0.5) is 0 Å². The number of imide groups is 1. The van der Waals surface area contributed by atoms with Gasteiger partial charge in [-0.3, -0.25) is 14.5 Å². The minimum Gasteiger partial charge on any atom is -0.493 e. The third-order valence-electron chi connectivity index (χ3n) is 4.31. The van der Waals surface area contributed by atoms with Gasteiger partial charge in [-0.25, -0.2) is 4.98 Å². The summed E-state index contributed by atoms with van der Waals surface area (Å²) >= 11 is 6.04. The van der Waals surface area contributed by atoms with Crippen molar-refractivity contribution < 1.29 is 14.3 Å². The summed E-state index contributed by atoms with van der Waals surface area (Å²) in [4.78, 5) is 30.2. The number of pyridine rings is 1. The fraction of sp³-hybridized carbons (Fsp3) is 0.150. The third kappa shape index (κ3) is 2.91. The number of hydrogen-bond acceptors (Lipinski definition) is 4. The first-order valence-electron chi connectivity index (χ1n) is 8.28. The number of ether oxygens (including phenoxy) is 1. The van der Waals surface area contributed by atoms with Gasteiger partial charge in [-0.05, 0) is 30.7 Å². The van der Waals surface area contributed by atoms with Gasteiger partial charge in [0.25, 0.3) is 11.8 Å². The van der Waals surface area contributed by atoms with Crippen LogP contribution in [0, 0.1) is 0 Å². The zero-order valence-corrected chi connectivity index (χ0v) is 14.6. The normalized spacial score (nSPS) is 13.3. The van der Waals surface area contributed by atoms with E-state index in [9.17, 15) is 9.59 Å². The third-order valence-corrected chi connectivity index (χ3v) is 4.50. The molecule has 4 rings (SSSR count). The number of aromatic nitrogens is 1. The molecule has 0 bridgehead atoms. The molecule has 0 fully saturated rings. The molecule has 0 atom stereocenters. The van der Waals surface area contributed by atoms with Crippen molar-refractivity contribution in [1.29, 1.82) is 0 Å². The summed E-state index contributed by atoms with van der Waals surface area (Å²) in [5.74, 6) is 0.147. The van der Waals surface area contributed by atoms with Crippen LogP contribution in [0.25, 0.3) is 10.9 Å². The maximum Gasteiger partial charge on any atom is 0.261 e. The van der Waals surface area contributed by atoms with E-state index >= 15 is 0 Å². The maximum atomic E-state index is 12.3. The summed E-state index contributed by atoms with van der Waals surface area (Å²) in [6, 6.07) is 16.1. The van der Waals surface area contributed by atoms with Crippen LogP contribution in [-0.2, 0) is 0 Å². The van der Waals surface area contributed by atoms with Crippen LogP contribution in [-0.4, -0.2) is 34.8 Å². The molecule has 2 amide bonds. The van der Waals surface area contributed by atoms with Crippen LogP contribution in [0.1, 0.15) is 27.1 Å². The number of hydrogen-bond donors (Lipinski definition) is 0. The van der Waals surface area contributed by atoms with Gasteiger partial charge in [0, 0.05) is 18.0 Å². The predicted octanol–water partition coefficient (Wildman–Crippen LogP) is 3.95. The lowest BCUT2D eigenvalue weighted by molar-refractivity contribution is 0.0647. The summed E-state index contributed by atoms with van der Waals surface area (Å²) in [6.07, 6.45) is 0.528. The van der Waals surface area contributed by atoms with E-state index in [1.54, 1.807) is 30.3 Å². The topological polar surface area (TPSA) is 59.5 Å². The molecule has 0 radical (unpaired) electrons. The molecule has 0 N–H and O–H groups in total. The van der Waals surface area contributed by atoms with E-state index in [0.717, 1.165) is 10.9 Å². The van der Waals surface area contributed by atoms with Crippen molar-refractivity contribution in [2.24, 2.45) is 0 Å². The highest BCUT2D eigenvalue weighted by Crippen LogP contribution is 2.27. The average Bonchev–Trinajstić information content (AvgIpc) is 2.90. The predicted molar refractivity (Wildman–Crippen MR) is 98.7 cm³/mol. The molecule has 1 aromatic heterocycles. The van der Waals surface area contributed by atoms with E-state index < -0.39 is 0 Å². The van der Waals surface area contributed by atoms with Gasteiger partial charge in [0.05, 0.1) is 23.3 Å². The van der Waals surface area contributed by atoms with Gasteiger partial charge in [-0.2, -0.15) is 0 Å². The Morgan fingerprint density at radius 3 is 2.35 bits per heavy atom. The zero-order chi connectivity index (χ0) is 18.1. The number of carbonyl (C=O) groups excluding carboxylic acids is 2. The number of fused-ring (bicyclic) bond motifs is 2. The maximum absolute atomic E-state index is 12.3. The van der Waals surface area contributed by atoms with E-state index in [-0.39, 0.29) is 11.8 Å². The standard InChI is InChI=1S/C20H15ClN2O3/c21-18-12-17(15-8-3-4-9-16(15)22-18)26-11-5-10-23-19(24)13-6-1-2-7-14(13)20(23)25/h1-4,6-9,12H,5,10-11H2. The van der Waals surface area contributed by atoms with E-state index in [2.05, 4.69) is 4.98 Å². The van der Waals surface area contributed by atoms with Crippen LogP contribution >= 0.6 is 11.6 Å². The Hall–Kier alpha value is -2.92. The molecular weight excluding hydrogens is 352 g/mol. The number of nitrogens with zero attached hydrogens (tertiary/aromatic N) is 2. The molecule has 26 heavy (non-hydrogen) atoms. The first-order chi connectivity index (χ1) is 12.6. The molecule has 130 valence electrons. The van der Waals surface area contributed by atoms with Crippen LogP contribution in [0.3, 0.4) is 0 Å². The number of para-hydroxylation sites is 1. The quantitative estimate of drug-likeness (QED) is 0.389. The Bertz CT molecular complexity index is 984. The second-order valence-corrected chi connectivity index (χ2v) is 6.36. The molecule has 0 aliphatic carbocycles. The second kappa shape index (κ2) is 6.77. The smallest absolute Gasteiger partial charge is 0.261 e.